The van der Waals surface area contributed by atoms with Gasteiger partial charge in [0.25, 0.3) is 0 Å². The molecule has 5 rings (SSSR count). The Balaban J connectivity index is 1.55. The van der Waals surface area contributed by atoms with Crippen LogP contribution < -0.4 is 0 Å². The molecular weight excluding hydrogens is 470 g/mol. The van der Waals surface area contributed by atoms with Gasteiger partial charge >= 0.3 is 6.09 Å². The number of fused-ring (bicyclic) bond motifs is 3. The molecule has 0 fully saturated rings. The van der Waals surface area contributed by atoms with E-state index in [9.17, 15) is 10.1 Å². The van der Waals surface area contributed by atoms with E-state index in [1.807, 2.05) is 118 Å². The van der Waals surface area contributed by atoms with Crippen molar-refractivity contribution < 1.29 is 9.53 Å². The molecule has 1 unspecified atom stereocenters. The van der Waals surface area contributed by atoms with Gasteiger partial charge in [0.2, 0.25) is 0 Å². The van der Waals surface area contributed by atoms with E-state index in [0.717, 1.165) is 44.2 Å². The lowest BCUT2D eigenvalue weighted by Crippen LogP contribution is -2.27. The number of rotatable bonds is 5. The predicted molar refractivity (Wildman–Crippen MR) is 153 cm³/mol. The van der Waals surface area contributed by atoms with Crippen molar-refractivity contribution in [1.29, 1.82) is 5.26 Å². The molecule has 0 amide bonds. The largest absolute Gasteiger partial charge is 0.443 e. The van der Waals surface area contributed by atoms with Crippen LogP contribution >= 0.6 is 0 Å². The first kappa shape index (κ1) is 25.0. The topological polar surface area (TPSA) is 67.4 Å². The van der Waals surface area contributed by atoms with E-state index in [1.165, 1.54) is 0 Å². The van der Waals surface area contributed by atoms with Crippen LogP contribution in [0, 0.1) is 11.3 Å². The Morgan fingerprint density at radius 3 is 2.03 bits per heavy atom. The van der Waals surface area contributed by atoms with Gasteiger partial charge in [-0.05, 0) is 44.5 Å². The molecule has 0 aliphatic rings. The predicted octanol–water partition coefficient (Wildman–Crippen LogP) is 7.55. The highest BCUT2D eigenvalue weighted by Gasteiger charge is 2.22. The Labute approximate surface area is 222 Å². The fraction of sp³-hybridized carbons (Fsp3) is 0.182. The van der Waals surface area contributed by atoms with Crippen LogP contribution in [0.3, 0.4) is 0 Å². The third-order valence-electron chi connectivity index (χ3n) is 6.27. The molecule has 0 spiro atoms. The summed E-state index contributed by atoms with van der Waals surface area (Å²) in [6.07, 6.45) is 0.0352. The number of benzene rings is 4. The lowest BCUT2D eigenvalue weighted by Gasteiger charge is -2.20. The molecule has 0 saturated heterocycles. The van der Waals surface area contributed by atoms with E-state index >= 15 is 0 Å². The Morgan fingerprint density at radius 1 is 0.842 bits per heavy atom. The van der Waals surface area contributed by atoms with Gasteiger partial charge in [0.05, 0.1) is 22.8 Å². The van der Waals surface area contributed by atoms with Crippen molar-refractivity contribution in [1.82, 2.24) is 4.57 Å². The Morgan fingerprint density at radius 2 is 1.42 bits per heavy atom. The highest BCUT2D eigenvalue weighted by molar-refractivity contribution is 6.13. The normalized spacial score (nSPS) is 12.2. The van der Waals surface area contributed by atoms with Crippen LogP contribution in [0.2, 0.25) is 0 Å². The van der Waals surface area contributed by atoms with Gasteiger partial charge in [0.15, 0.2) is 0 Å². The summed E-state index contributed by atoms with van der Waals surface area (Å²) in [5, 5.41) is 12.0. The summed E-state index contributed by atoms with van der Waals surface area (Å²) in [6.45, 7) is 5.58. The van der Waals surface area contributed by atoms with Gasteiger partial charge < -0.3 is 4.74 Å². The average molecular weight is 500 g/mol. The maximum absolute atomic E-state index is 13.1. The maximum atomic E-state index is 13.1. The summed E-state index contributed by atoms with van der Waals surface area (Å²) in [7, 11) is 0. The summed E-state index contributed by atoms with van der Waals surface area (Å²) in [4.78, 5) is 18.1. The molecule has 0 N–H and O–H groups in total. The van der Waals surface area contributed by atoms with E-state index in [4.69, 9.17) is 9.73 Å². The number of carbonyl (C=O) groups is 1. The van der Waals surface area contributed by atoms with Gasteiger partial charge in [0.1, 0.15) is 11.6 Å². The molecule has 4 aromatic carbocycles. The highest BCUT2D eigenvalue weighted by atomic mass is 16.6. The van der Waals surface area contributed by atoms with Crippen molar-refractivity contribution in [3.05, 3.63) is 120 Å². The first-order valence-corrected chi connectivity index (χ1v) is 12.7. The summed E-state index contributed by atoms with van der Waals surface area (Å²) in [6, 6.07) is 35.5. The van der Waals surface area contributed by atoms with Crippen molar-refractivity contribution in [2.24, 2.45) is 4.99 Å². The van der Waals surface area contributed by atoms with Gasteiger partial charge in [-0.3, -0.25) is 4.99 Å². The molecule has 188 valence electrons. The number of carbonyl (C=O) groups excluding carboxylic acids is 1. The van der Waals surface area contributed by atoms with Gasteiger partial charge in [0, 0.05) is 28.3 Å². The molecular formula is C33H29N3O2. The van der Waals surface area contributed by atoms with Gasteiger partial charge in [-0.2, -0.15) is 5.26 Å². The molecule has 0 bridgehead atoms. The number of aliphatic imine (C=N–C) groups is 1. The second-order valence-electron chi connectivity index (χ2n) is 10.2. The monoisotopic (exact) mass is 499 g/mol. The first-order valence-electron chi connectivity index (χ1n) is 12.7. The molecule has 1 atom stereocenters. The van der Waals surface area contributed by atoms with Crippen LogP contribution in [0.4, 0.5) is 4.79 Å². The summed E-state index contributed by atoms with van der Waals surface area (Å²) in [5.74, 6) is 0. The zero-order valence-corrected chi connectivity index (χ0v) is 21.8. The third-order valence-corrected chi connectivity index (χ3v) is 6.27. The number of hydrogen-bond donors (Lipinski definition) is 0. The minimum atomic E-state index is -0.609. The second-order valence-corrected chi connectivity index (χ2v) is 10.2. The van der Waals surface area contributed by atoms with E-state index in [0.29, 0.717) is 6.42 Å². The Hall–Kier alpha value is -4.69. The zero-order valence-electron chi connectivity index (χ0n) is 21.8. The van der Waals surface area contributed by atoms with E-state index < -0.39 is 17.7 Å². The first-order chi connectivity index (χ1) is 18.3. The lowest BCUT2D eigenvalue weighted by atomic mass is 10.0. The molecule has 38 heavy (non-hydrogen) atoms. The molecule has 0 aliphatic carbocycles. The third kappa shape index (κ3) is 5.21. The number of nitriles is 1. The van der Waals surface area contributed by atoms with Crippen molar-refractivity contribution in [2.45, 2.75) is 38.8 Å². The number of hydrogen-bond acceptors (Lipinski definition) is 4. The van der Waals surface area contributed by atoms with Crippen LogP contribution in [0.25, 0.3) is 21.8 Å². The van der Waals surface area contributed by atoms with Crippen LogP contribution in [0.5, 0.6) is 0 Å². The Kier molecular flexibility index (Phi) is 6.81. The van der Waals surface area contributed by atoms with Gasteiger partial charge in [-0.25, -0.2) is 9.36 Å². The summed E-state index contributed by atoms with van der Waals surface area (Å²) in [5.41, 5.74) is 4.65. The Bertz CT molecular complexity index is 1630. The average Bonchev–Trinajstić information content (AvgIpc) is 3.25. The number of aromatic nitrogens is 1. The zero-order chi connectivity index (χ0) is 26.7. The van der Waals surface area contributed by atoms with Crippen molar-refractivity contribution >= 4 is 33.6 Å². The highest BCUT2D eigenvalue weighted by Crippen LogP contribution is 2.31. The van der Waals surface area contributed by atoms with Crippen LogP contribution in [0.15, 0.2) is 108 Å². The smallest absolute Gasteiger partial charge is 0.419 e. The summed E-state index contributed by atoms with van der Waals surface area (Å²) >= 11 is 0. The number of para-hydroxylation sites is 1. The van der Waals surface area contributed by atoms with Crippen molar-refractivity contribution in [2.75, 3.05) is 0 Å². The minimum absolute atomic E-state index is 0.411. The SMILES string of the molecule is CC(C)(C)OC(=O)n1c2ccccc2c2cc(CC(C#N)N=C(c3ccccc3)c3ccccc3)ccc21. The van der Waals surface area contributed by atoms with Gasteiger partial charge in [-0.15, -0.1) is 0 Å². The molecule has 0 aliphatic heterocycles. The molecule has 0 saturated carbocycles. The summed E-state index contributed by atoms with van der Waals surface area (Å²) < 4.78 is 7.33. The fourth-order valence-corrected chi connectivity index (χ4v) is 4.66. The van der Waals surface area contributed by atoms with Crippen LogP contribution in [-0.2, 0) is 11.2 Å². The molecule has 0 radical (unpaired) electrons. The van der Waals surface area contributed by atoms with E-state index in [-0.39, 0.29) is 0 Å². The molecule has 5 nitrogen and oxygen atoms in total. The lowest BCUT2D eigenvalue weighted by molar-refractivity contribution is 0.0551. The maximum Gasteiger partial charge on any atom is 0.419 e. The number of nitrogens with zero attached hydrogens (tertiary/aromatic N) is 3. The minimum Gasteiger partial charge on any atom is -0.443 e. The van der Waals surface area contributed by atoms with Crippen LogP contribution in [0.1, 0.15) is 37.5 Å². The molecule has 5 aromatic rings. The standard InChI is InChI=1S/C33H29N3O2/c1-33(2,3)38-32(37)36-29-17-11-10-16-27(29)28-21-23(18-19-30(28)36)20-26(22-34)35-31(24-12-6-4-7-13-24)25-14-8-5-9-15-25/h4-19,21,26H,20H2,1-3H3. The number of ether oxygens (including phenoxy) is 1. The van der Waals surface area contributed by atoms with E-state index in [2.05, 4.69) is 12.1 Å². The van der Waals surface area contributed by atoms with Crippen molar-refractivity contribution in [3.8, 4) is 6.07 Å². The molecule has 5 heteroatoms. The molecule has 1 heterocycles. The van der Waals surface area contributed by atoms with E-state index in [1.54, 1.807) is 4.57 Å². The van der Waals surface area contributed by atoms with Gasteiger partial charge in [-0.1, -0.05) is 84.9 Å². The van der Waals surface area contributed by atoms with Crippen LogP contribution in [-0.4, -0.2) is 28.0 Å². The molecule has 1 aromatic heterocycles. The fourth-order valence-electron chi connectivity index (χ4n) is 4.66. The second kappa shape index (κ2) is 10.4. The quantitative estimate of drug-likeness (QED) is 0.234. The van der Waals surface area contributed by atoms with Crippen molar-refractivity contribution in [3.63, 3.8) is 0 Å².